The van der Waals surface area contributed by atoms with Crippen molar-refractivity contribution in [1.29, 1.82) is 0 Å². The highest BCUT2D eigenvalue weighted by atomic mass is 19.1. The fraction of sp³-hybridized carbons (Fsp3) is 0.450. The zero-order valence-corrected chi connectivity index (χ0v) is 15.5. The number of hydrogen-bond acceptors (Lipinski definition) is 4. The number of cyclic esters (lactones) is 1. The number of amides is 2. The third-order valence-electron chi connectivity index (χ3n) is 5.45. The standard InChI is InChI=1S/C20H23FN4O3/c21-16-4-1-2-5-17(16)25-12-10-18(23-25)22-19(26)14-6-8-15(9-7-14)24-11-3-13-28-20(24)27/h1-2,4-5,10,12,14-15H,3,6-9,11,13H2,(H,22,23,26). The maximum absolute atomic E-state index is 13.9. The van der Waals surface area contributed by atoms with E-state index in [1.807, 2.05) is 0 Å². The van der Waals surface area contributed by atoms with E-state index in [2.05, 4.69) is 10.4 Å². The van der Waals surface area contributed by atoms with Gasteiger partial charge < -0.3 is 15.0 Å². The first-order chi connectivity index (χ1) is 13.6. The predicted molar refractivity (Wildman–Crippen MR) is 101 cm³/mol. The number of ether oxygens (including phenoxy) is 1. The van der Waals surface area contributed by atoms with Gasteiger partial charge in [-0.25, -0.2) is 13.9 Å². The molecule has 148 valence electrons. The fourth-order valence-electron chi connectivity index (χ4n) is 3.94. The first-order valence-corrected chi connectivity index (χ1v) is 9.66. The van der Waals surface area contributed by atoms with Crippen LogP contribution in [0.3, 0.4) is 0 Å². The number of nitrogens with one attached hydrogen (secondary N) is 1. The zero-order chi connectivity index (χ0) is 19.5. The highest BCUT2D eigenvalue weighted by molar-refractivity contribution is 5.91. The number of hydrogen-bond donors (Lipinski definition) is 1. The lowest BCUT2D eigenvalue weighted by Gasteiger charge is -2.37. The van der Waals surface area contributed by atoms with Gasteiger partial charge in [0, 0.05) is 30.8 Å². The largest absolute Gasteiger partial charge is 0.449 e. The van der Waals surface area contributed by atoms with Crippen molar-refractivity contribution in [2.75, 3.05) is 18.5 Å². The van der Waals surface area contributed by atoms with Crippen LogP contribution in [-0.2, 0) is 9.53 Å². The summed E-state index contributed by atoms with van der Waals surface area (Å²) >= 11 is 0. The van der Waals surface area contributed by atoms with Crippen LogP contribution in [0.2, 0.25) is 0 Å². The van der Waals surface area contributed by atoms with E-state index in [9.17, 15) is 14.0 Å². The molecule has 1 saturated heterocycles. The highest BCUT2D eigenvalue weighted by Crippen LogP contribution is 2.30. The lowest BCUT2D eigenvalue weighted by molar-refractivity contribution is -0.121. The number of carbonyl (C=O) groups excluding carboxylic acids is 2. The number of anilines is 1. The number of halogens is 1. The average molecular weight is 386 g/mol. The molecule has 0 atom stereocenters. The Morgan fingerprint density at radius 2 is 1.96 bits per heavy atom. The van der Waals surface area contributed by atoms with Crippen molar-refractivity contribution in [3.05, 3.63) is 42.3 Å². The first-order valence-electron chi connectivity index (χ1n) is 9.66. The van der Waals surface area contributed by atoms with Gasteiger partial charge in [0.15, 0.2) is 5.82 Å². The second-order valence-electron chi connectivity index (χ2n) is 7.25. The lowest BCUT2D eigenvalue weighted by Crippen LogP contribution is -2.46. The Bertz CT molecular complexity index is 861. The van der Waals surface area contributed by atoms with E-state index in [1.54, 1.807) is 35.4 Å². The van der Waals surface area contributed by atoms with Crippen molar-refractivity contribution in [3.8, 4) is 5.69 Å². The third-order valence-corrected chi connectivity index (χ3v) is 5.45. The second kappa shape index (κ2) is 8.00. The normalized spacial score (nSPS) is 22.6. The van der Waals surface area contributed by atoms with Crippen LogP contribution in [0.15, 0.2) is 36.5 Å². The van der Waals surface area contributed by atoms with Crippen molar-refractivity contribution < 1.29 is 18.7 Å². The predicted octanol–water partition coefficient (Wildman–Crippen LogP) is 3.35. The Morgan fingerprint density at radius 3 is 2.71 bits per heavy atom. The minimum Gasteiger partial charge on any atom is -0.449 e. The number of nitrogens with zero attached hydrogens (tertiary/aromatic N) is 3. The molecule has 1 N–H and O–H groups in total. The molecule has 1 aromatic carbocycles. The van der Waals surface area contributed by atoms with E-state index in [0.717, 1.165) is 25.8 Å². The molecule has 4 rings (SSSR count). The molecule has 1 saturated carbocycles. The van der Waals surface area contributed by atoms with Gasteiger partial charge in [0.2, 0.25) is 5.91 Å². The first kappa shape index (κ1) is 18.5. The van der Waals surface area contributed by atoms with Crippen molar-refractivity contribution in [3.63, 3.8) is 0 Å². The summed E-state index contributed by atoms with van der Waals surface area (Å²) in [6.45, 7) is 1.22. The van der Waals surface area contributed by atoms with Crippen molar-refractivity contribution in [2.45, 2.75) is 38.1 Å². The number of aromatic nitrogens is 2. The van der Waals surface area contributed by atoms with Crippen LogP contribution in [0.25, 0.3) is 5.69 Å². The van der Waals surface area contributed by atoms with Crippen LogP contribution < -0.4 is 5.32 Å². The molecule has 7 nitrogen and oxygen atoms in total. The molecule has 2 heterocycles. The van der Waals surface area contributed by atoms with Gasteiger partial charge in [0.25, 0.3) is 0 Å². The van der Waals surface area contributed by atoms with Gasteiger partial charge in [0.1, 0.15) is 11.5 Å². The molecule has 1 aliphatic carbocycles. The van der Waals surface area contributed by atoms with E-state index in [1.165, 1.54) is 10.7 Å². The highest BCUT2D eigenvalue weighted by Gasteiger charge is 2.33. The summed E-state index contributed by atoms with van der Waals surface area (Å²) in [5.41, 5.74) is 0.330. The molecule has 0 bridgehead atoms. The summed E-state index contributed by atoms with van der Waals surface area (Å²) in [5, 5.41) is 7.08. The molecule has 2 aliphatic rings. The minimum absolute atomic E-state index is 0.0848. The van der Waals surface area contributed by atoms with E-state index in [4.69, 9.17) is 4.74 Å². The van der Waals surface area contributed by atoms with Crippen LogP contribution >= 0.6 is 0 Å². The molecular weight excluding hydrogens is 363 g/mol. The molecule has 1 aliphatic heterocycles. The zero-order valence-electron chi connectivity index (χ0n) is 15.5. The third kappa shape index (κ3) is 3.85. The van der Waals surface area contributed by atoms with Gasteiger partial charge in [0.05, 0.1) is 6.61 Å². The minimum atomic E-state index is -0.377. The van der Waals surface area contributed by atoms with Crippen LogP contribution in [0.1, 0.15) is 32.1 Å². The molecule has 0 unspecified atom stereocenters. The van der Waals surface area contributed by atoms with Crippen molar-refractivity contribution in [1.82, 2.24) is 14.7 Å². The summed E-state index contributed by atoms with van der Waals surface area (Å²) in [4.78, 5) is 26.3. The van der Waals surface area contributed by atoms with E-state index in [-0.39, 0.29) is 29.8 Å². The molecule has 0 spiro atoms. The van der Waals surface area contributed by atoms with E-state index >= 15 is 0 Å². The monoisotopic (exact) mass is 386 g/mol. The van der Waals surface area contributed by atoms with Gasteiger partial charge in [-0.3, -0.25) is 4.79 Å². The summed E-state index contributed by atoms with van der Waals surface area (Å²) in [5.74, 6) is -0.179. The maximum Gasteiger partial charge on any atom is 0.410 e. The lowest BCUT2D eigenvalue weighted by atomic mass is 9.84. The van der Waals surface area contributed by atoms with Crippen LogP contribution in [0, 0.1) is 11.7 Å². The smallest absolute Gasteiger partial charge is 0.410 e. The van der Waals surface area contributed by atoms with Crippen LogP contribution in [0.4, 0.5) is 15.0 Å². The van der Waals surface area contributed by atoms with Crippen LogP contribution in [0.5, 0.6) is 0 Å². The topological polar surface area (TPSA) is 76.5 Å². The Hall–Kier alpha value is -2.90. The summed E-state index contributed by atoms with van der Waals surface area (Å²) in [6.07, 6.45) is 5.25. The molecule has 28 heavy (non-hydrogen) atoms. The van der Waals surface area contributed by atoms with Gasteiger partial charge in [-0.15, -0.1) is 5.10 Å². The number of carbonyl (C=O) groups is 2. The molecule has 1 aromatic heterocycles. The summed E-state index contributed by atoms with van der Waals surface area (Å²) in [6, 6.07) is 8.14. The van der Waals surface area contributed by atoms with Gasteiger partial charge in [-0.05, 0) is 44.2 Å². The van der Waals surface area contributed by atoms with E-state index < -0.39 is 0 Å². The Kier molecular flexibility index (Phi) is 5.27. The molecule has 2 amide bonds. The summed E-state index contributed by atoms with van der Waals surface area (Å²) < 4.78 is 20.4. The van der Waals surface area contributed by atoms with Gasteiger partial charge in [-0.2, -0.15) is 0 Å². The number of benzene rings is 1. The van der Waals surface area contributed by atoms with Gasteiger partial charge in [-0.1, -0.05) is 12.1 Å². The quantitative estimate of drug-likeness (QED) is 0.874. The molecular formula is C20H23FN4O3. The van der Waals surface area contributed by atoms with E-state index in [0.29, 0.717) is 31.0 Å². The van der Waals surface area contributed by atoms with Crippen molar-refractivity contribution in [2.24, 2.45) is 5.92 Å². The second-order valence-corrected chi connectivity index (χ2v) is 7.25. The SMILES string of the molecule is O=C(Nc1ccn(-c2ccccc2F)n1)C1CCC(N2CCCOC2=O)CC1. The fourth-order valence-corrected chi connectivity index (χ4v) is 3.94. The number of rotatable bonds is 4. The van der Waals surface area contributed by atoms with Crippen LogP contribution in [-0.4, -0.2) is 45.9 Å². The number of para-hydroxylation sites is 1. The average Bonchev–Trinajstić information content (AvgIpc) is 3.17. The Balaban J connectivity index is 1.33. The molecule has 2 aromatic rings. The van der Waals surface area contributed by atoms with Gasteiger partial charge >= 0.3 is 6.09 Å². The Labute approximate surface area is 162 Å². The Morgan fingerprint density at radius 1 is 1.18 bits per heavy atom. The molecule has 8 heteroatoms. The molecule has 0 radical (unpaired) electrons. The summed E-state index contributed by atoms with van der Waals surface area (Å²) in [7, 11) is 0. The maximum atomic E-state index is 13.9. The molecule has 2 fully saturated rings. The van der Waals surface area contributed by atoms with Crippen molar-refractivity contribution >= 4 is 17.8 Å².